The maximum absolute atomic E-state index is 6.23. The van der Waals surface area contributed by atoms with Gasteiger partial charge in [-0.2, -0.15) is 0 Å². The molecule has 0 aliphatic carbocycles. The Morgan fingerprint density at radius 2 is 1.63 bits per heavy atom. The zero-order valence-corrected chi connectivity index (χ0v) is 19.5. The summed E-state index contributed by atoms with van der Waals surface area (Å²) in [6.45, 7) is 2.65. The van der Waals surface area contributed by atoms with Crippen LogP contribution in [-0.4, -0.2) is 22.1 Å². The number of nitrogens with zero attached hydrogens (tertiary/aromatic N) is 3. The van der Waals surface area contributed by atoms with Gasteiger partial charge in [-0.05, 0) is 67.1 Å². The summed E-state index contributed by atoms with van der Waals surface area (Å²) in [6, 6.07) is 27.6. The molecule has 35 heavy (non-hydrogen) atoms. The number of fused-ring (bicyclic) bond motifs is 1. The van der Waals surface area contributed by atoms with E-state index in [1.165, 1.54) is 11.9 Å². The van der Waals surface area contributed by atoms with Gasteiger partial charge in [-0.1, -0.05) is 30.3 Å². The van der Waals surface area contributed by atoms with Gasteiger partial charge >= 0.3 is 0 Å². The number of hydrogen-bond donors (Lipinski definition) is 2. The second-order valence-corrected chi connectivity index (χ2v) is 8.00. The second kappa shape index (κ2) is 10.1. The minimum atomic E-state index is 0.637. The summed E-state index contributed by atoms with van der Waals surface area (Å²) in [5.74, 6) is 2.78. The fourth-order valence-electron chi connectivity index (χ4n) is 3.66. The fraction of sp³-hybridized carbons (Fsp3) is 0.107. The Balaban J connectivity index is 1.47. The molecule has 0 aliphatic rings. The van der Waals surface area contributed by atoms with E-state index in [2.05, 4.69) is 37.7 Å². The van der Waals surface area contributed by atoms with Crippen LogP contribution in [0.4, 0.5) is 17.2 Å². The summed E-state index contributed by atoms with van der Waals surface area (Å²) in [5, 5.41) is 7.75. The van der Waals surface area contributed by atoms with Crippen LogP contribution < -0.4 is 20.1 Å². The first-order valence-electron chi connectivity index (χ1n) is 11.3. The van der Waals surface area contributed by atoms with Crippen molar-refractivity contribution in [2.75, 3.05) is 17.7 Å². The molecule has 7 nitrogen and oxygen atoms in total. The van der Waals surface area contributed by atoms with E-state index in [4.69, 9.17) is 9.47 Å². The smallest absolute Gasteiger partial charge is 0.164 e. The summed E-state index contributed by atoms with van der Waals surface area (Å²) in [4.78, 5) is 13.3. The molecule has 0 saturated carbocycles. The van der Waals surface area contributed by atoms with Crippen LogP contribution in [0.3, 0.4) is 0 Å². The zero-order chi connectivity index (χ0) is 24.0. The van der Waals surface area contributed by atoms with Gasteiger partial charge in [0.25, 0.3) is 0 Å². The summed E-state index contributed by atoms with van der Waals surface area (Å²) < 4.78 is 11.5. The molecular weight excluding hydrogens is 438 g/mol. The summed E-state index contributed by atoms with van der Waals surface area (Å²) in [6.07, 6.45) is 1.51. The first-order chi connectivity index (χ1) is 17.2. The average molecular weight is 464 g/mol. The summed E-state index contributed by atoms with van der Waals surface area (Å²) in [7, 11) is 1.64. The molecule has 0 aliphatic heterocycles. The standard InChI is InChI=1S/C28H25N5O2/c1-19-8-14-24-27(32-19)30-18-31-28(24)33-25-16-21(29-17-20-6-4-3-5-7-20)9-15-26(25)35-23-12-10-22(34-2)11-13-23/h3-16,18,29H,17H2,1-2H3,(H,30,31,32,33). The van der Waals surface area contributed by atoms with Crippen molar-refractivity contribution in [3.8, 4) is 17.2 Å². The number of ether oxygens (including phenoxy) is 2. The molecule has 3 aromatic carbocycles. The number of methoxy groups -OCH3 is 1. The number of aryl methyl sites for hydroxylation is 1. The number of hydrogen-bond acceptors (Lipinski definition) is 7. The predicted molar refractivity (Wildman–Crippen MR) is 139 cm³/mol. The van der Waals surface area contributed by atoms with Gasteiger partial charge in [0.05, 0.1) is 18.2 Å². The number of pyridine rings is 1. The van der Waals surface area contributed by atoms with Gasteiger partial charge < -0.3 is 20.1 Å². The number of rotatable bonds is 8. The van der Waals surface area contributed by atoms with Crippen LogP contribution in [0.2, 0.25) is 0 Å². The maximum atomic E-state index is 6.23. The van der Waals surface area contributed by atoms with Crippen LogP contribution in [-0.2, 0) is 6.54 Å². The molecular formula is C28H25N5O2. The minimum absolute atomic E-state index is 0.637. The lowest BCUT2D eigenvalue weighted by Crippen LogP contribution is -2.02. The van der Waals surface area contributed by atoms with Gasteiger partial charge in [-0.3, -0.25) is 0 Å². The third kappa shape index (κ3) is 5.30. The van der Waals surface area contributed by atoms with Gasteiger partial charge in [0.15, 0.2) is 11.4 Å². The van der Waals surface area contributed by atoms with Crippen molar-refractivity contribution >= 4 is 28.2 Å². The van der Waals surface area contributed by atoms with E-state index < -0.39 is 0 Å². The Morgan fingerprint density at radius 3 is 2.43 bits per heavy atom. The van der Waals surface area contributed by atoms with E-state index in [0.717, 1.165) is 28.2 Å². The molecule has 5 rings (SSSR count). The molecule has 0 bridgehead atoms. The lowest BCUT2D eigenvalue weighted by atomic mass is 10.2. The molecule has 0 saturated heterocycles. The highest BCUT2D eigenvalue weighted by Crippen LogP contribution is 2.35. The van der Waals surface area contributed by atoms with Crippen molar-refractivity contribution in [2.24, 2.45) is 0 Å². The van der Waals surface area contributed by atoms with E-state index >= 15 is 0 Å². The SMILES string of the molecule is COc1ccc(Oc2ccc(NCc3ccccc3)cc2Nc2ncnc3nc(C)ccc23)cc1. The highest BCUT2D eigenvalue weighted by atomic mass is 16.5. The molecule has 7 heteroatoms. The van der Waals surface area contributed by atoms with Crippen molar-refractivity contribution in [1.82, 2.24) is 15.0 Å². The topological polar surface area (TPSA) is 81.2 Å². The second-order valence-electron chi connectivity index (χ2n) is 8.00. The predicted octanol–water partition coefficient (Wildman–Crippen LogP) is 6.49. The Bertz CT molecular complexity index is 1440. The normalized spacial score (nSPS) is 10.7. The number of benzene rings is 3. The quantitative estimate of drug-likeness (QED) is 0.272. The molecule has 0 amide bonds. The van der Waals surface area contributed by atoms with Gasteiger partial charge in [0.2, 0.25) is 0 Å². The lowest BCUT2D eigenvalue weighted by Gasteiger charge is -2.16. The first kappa shape index (κ1) is 22.2. The number of anilines is 3. The summed E-state index contributed by atoms with van der Waals surface area (Å²) in [5.41, 5.74) is 4.45. The van der Waals surface area contributed by atoms with Crippen LogP contribution in [0.25, 0.3) is 11.0 Å². The van der Waals surface area contributed by atoms with Crippen molar-refractivity contribution in [1.29, 1.82) is 0 Å². The van der Waals surface area contributed by atoms with Crippen molar-refractivity contribution in [3.05, 3.63) is 103 Å². The van der Waals surface area contributed by atoms with Crippen LogP contribution in [0.15, 0.2) is 91.3 Å². The molecule has 5 aromatic rings. The van der Waals surface area contributed by atoms with Gasteiger partial charge in [0.1, 0.15) is 23.6 Å². The fourth-order valence-corrected chi connectivity index (χ4v) is 3.66. The molecule has 0 spiro atoms. The van der Waals surface area contributed by atoms with E-state index in [-0.39, 0.29) is 0 Å². The molecule has 2 heterocycles. The largest absolute Gasteiger partial charge is 0.497 e. The Labute approximate surface area is 203 Å². The first-order valence-corrected chi connectivity index (χ1v) is 11.3. The molecule has 0 radical (unpaired) electrons. The highest BCUT2D eigenvalue weighted by Gasteiger charge is 2.12. The molecule has 0 fully saturated rings. The van der Waals surface area contributed by atoms with Gasteiger partial charge in [0, 0.05) is 17.9 Å². The van der Waals surface area contributed by atoms with Crippen molar-refractivity contribution in [2.45, 2.75) is 13.5 Å². The third-order valence-corrected chi connectivity index (χ3v) is 5.50. The minimum Gasteiger partial charge on any atom is -0.497 e. The number of aromatic nitrogens is 3. The molecule has 0 atom stereocenters. The molecule has 0 unspecified atom stereocenters. The molecule has 2 aromatic heterocycles. The van der Waals surface area contributed by atoms with E-state index in [0.29, 0.717) is 29.5 Å². The van der Waals surface area contributed by atoms with Crippen molar-refractivity contribution < 1.29 is 9.47 Å². The molecule has 174 valence electrons. The zero-order valence-electron chi connectivity index (χ0n) is 19.5. The van der Waals surface area contributed by atoms with E-state index in [1.54, 1.807) is 7.11 Å². The van der Waals surface area contributed by atoms with E-state index in [1.807, 2.05) is 79.7 Å². The van der Waals surface area contributed by atoms with Gasteiger partial charge in [-0.15, -0.1) is 0 Å². The van der Waals surface area contributed by atoms with Crippen LogP contribution in [0.1, 0.15) is 11.3 Å². The van der Waals surface area contributed by atoms with E-state index in [9.17, 15) is 0 Å². The molecule has 2 N–H and O–H groups in total. The van der Waals surface area contributed by atoms with Gasteiger partial charge in [-0.25, -0.2) is 15.0 Å². The Kier molecular flexibility index (Phi) is 6.39. The Morgan fingerprint density at radius 1 is 0.829 bits per heavy atom. The van der Waals surface area contributed by atoms with Crippen molar-refractivity contribution in [3.63, 3.8) is 0 Å². The number of nitrogens with one attached hydrogen (secondary N) is 2. The monoisotopic (exact) mass is 463 g/mol. The Hall–Kier alpha value is -4.65. The lowest BCUT2D eigenvalue weighted by molar-refractivity contribution is 0.413. The van der Waals surface area contributed by atoms with Crippen LogP contribution in [0.5, 0.6) is 17.2 Å². The maximum Gasteiger partial charge on any atom is 0.164 e. The highest BCUT2D eigenvalue weighted by molar-refractivity contribution is 5.89. The van der Waals surface area contributed by atoms with Crippen LogP contribution in [0, 0.1) is 6.92 Å². The third-order valence-electron chi connectivity index (χ3n) is 5.50. The summed E-state index contributed by atoms with van der Waals surface area (Å²) >= 11 is 0. The van der Waals surface area contributed by atoms with Crippen LogP contribution >= 0.6 is 0 Å². The average Bonchev–Trinajstić information content (AvgIpc) is 2.90.